The summed E-state index contributed by atoms with van der Waals surface area (Å²) < 4.78 is 5.34. The van der Waals surface area contributed by atoms with E-state index in [1.165, 1.54) is 0 Å². The third kappa shape index (κ3) is 7.96. The van der Waals surface area contributed by atoms with E-state index >= 15 is 0 Å². The fourth-order valence-corrected chi connectivity index (χ4v) is 0.427. The summed E-state index contributed by atoms with van der Waals surface area (Å²) in [6, 6.07) is 0. The fraction of sp³-hybridized carbons (Fsp3) is 0.875. The van der Waals surface area contributed by atoms with Gasteiger partial charge in [-0.15, -0.1) is 0 Å². The molecule has 1 nitrogen and oxygen atoms in total. The lowest BCUT2D eigenvalue weighted by molar-refractivity contribution is 0.0388. The predicted octanol–water partition coefficient (Wildman–Crippen LogP) is 2.76. The van der Waals surface area contributed by atoms with E-state index in [0.29, 0.717) is 0 Å². The molecule has 0 atom stereocenters. The minimum atomic E-state index is -0.00479. The third-order valence-electron chi connectivity index (χ3n) is 0.843. The van der Waals surface area contributed by atoms with Crippen LogP contribution in [0, 0.1) is 6.61 Å². The zero-order valence-corrected chi connectivity index (χ0v) is 6.90. The second kappa shape index (κ2) is 3.89. The Labute approximate surface area is 58.4 Å². The fourth-order valence-electron chi connectivity index (χ4n) is 0.427. The van der Waals surface area contributed by atoms with E-state index in [1.807, 2.05) is 6.61 Å². The lowest BCUT2D eigenvalue weighted by Gasteiger charge is -2.18. The van der Waals surface area contributed by atoms with Crippen LogP contribution in [0.5, 0.6) is 0 Å². The molecule has 0 saturated heterocycles. The van der Waals surface area contributed by atoms with Gasteiger partial charge in [0.25, 0.3) is 0 Å². The number of rotatable bonds is 3. The van der Waals surface area contributed by atoms with Gasteiger partial charge in [-0.1, -0.05) is 13.3 Å². The van der Waals surface area contributed by atoms with Crippen molar-refractivity contribution in [2.45, 2.75) is 46.1 Å². The van der Waals surface area contributed by atoms with Crippen LogP contribution < -0.4 is 0 Å². The average molecular weight is 129 g/mol. The molecule has 9 heavy (non-hydrogen) atoms. The van der Waals surface area contributed by atoms with Gasteiger partial charge in [-0.3, -0.25) is 0 Å². The van der Waals surface area contributed by atoms with Crippen molar-refractivity contribution in [2.75, 3.05) is 0 Å². The van der Waals surface area contributed by atoms with Crippen LogP contribution in [0.15, 0.2) is 0 Å². The van der Waals surface area contributed by atoms with Crippen molar-refractivity contribution in [3.63, 3.8) is 0 Å². The Morgan fingerprint density at radius 3 is 2.22 bits per heavy atom. The Morgan fingerprint density at radius 2 is 1.89 bits per heavy atom. The Balaban J connectivity index is 3.07. The highest BCUT2D eigenvalue weighted by molar-refractivity contribution is 4.62. The van der Waals surface area contributed by atoms with Crippen LogP contribution in [0.2, 0.25) is 0 Å². The molecule has 0 spiro atoms. The minimum Gasteiger partial charge on any atom is -0.370 e. The first-order chi connectivity index (χ1) is 4.06. The molecule has 0 aliphatic carbocycles. The summed E-state index contributed by atoms with van der Waals surface area (Å²) in [5, 5.41) is 0. The maximum absolute atomic E-state index is 5.34. The maximum atomic E-state index is 5.34. The molecule has 0 unspecified atom stereocenters. The van der Waals surface area contributed by atoms with Crippen molar-refractivity contribution >= 4 is 0 Å². The lowest BCUT2D eigenvalue weighted by atomic mass is 10.2. The molecule has 0 fully saturated rings. The summed E-state index contributed by atoms with van der Waals surface area (Å²) in [7, 11) is 0. The van der Waals surface area contributed by atoms with E-state index in [0.717, 1.165) is 12.8 Å². The highest BCUT2D eigenvalue weighted by Gasteiger charge is 2.08. The van der Waals surface area contributed by atoms with Crippen LogP contribution >= 0.6 is 0 Å². The van der Waals surface area contributed by atoms with E-state index in [1.54, 1.807) is 0 Å². The van der Waals surface area contributed by atoms with Gasteiger partial charge in [0.1, 0.15) is 0 Å². The quantitative estimate of drug-likeness (QED) is 0.532. The van der Waals surface area contributed by atoms with Crippen LogP contribution in [-0.2, 0) is 4.74 Å². The molecule has 0 aliphatic heterocycles. The van der Waals surface area contributed by atoms with Crippen molar-refractivity contribution < 1.29 is 4.74 Å². The highest BCUT2D eigenvalue weighted by Crippen LogP contribution is 2.09. The molecule has 0 rings (SSSR count). The SMILES string of the molecule is CCC[CH]OC(C)(C)C. The first-order valence-electron chi connectivity index (χ1n) is 3.56. The molecule has 0 N–H and O–H groups in total. The van der Waals surface area contributed by atoms with Crippen molar-refractivity contribution in [3.05, 3.63) is 6.61 Å². The van der Waals surface area contributed by atoms with Crippen LogP contribution in [0.3, 0.4) is 0 Å². The van der Waals surface area contributed by atoms with Crippen LogP contribution in [0.4, 0.5) is 0 Å². The zero-order chi connectivity index (χ0) is 7.33. The van der Waals surface area contributed by atoms with Gasteiger partial charge in [0.2, 0.25) is 0 Å². The van der Waals surface area contributed by atoms with E-state index in [9.17, 15) is 0 Å². The minimum absolute atomic E-state index is 0.00479. The Morgan fingerprint density at radius 1 is 1.33 bits per heavy atom. The molecule has 0 bridgehead atoms. The van der Waals surface area contributed by atoms with Gasteiger partial charge in [0, 0.05) is 0 Å². The number of hydrogen-bond donors (Lipinski definition) is 0. The average Bonchev–Trinajstić information content (AvgIpc) is 1.63. The van der Waals surface area contributed by atoms with E-state index in [2.05, 4.69) is 27.7 Å². The maximum Gasteiger partial charge on any atom is 0.0844 e. The molecular weight excluding hydrogens is 112 g/mol. The summed E-state index contributed by atoms with van der Waals surface area (Å²) in [5.41, 5.74) is -0.00479. The largest absolute Gasteiger partial charge is 0.370 e. The molecule has 55 valence electrons. The van der Waals surface area contributed by atoms with E-state index in [-0.39, 0.29) is 5.60 Å². The molecule has 0 amide bonds. The molecule has 1 heteroatoms. The summed E-state index contributed by atoms with van der Waals surface area (Å²) in [6.07, 6.45) is 2.22. The van der Waals surface area contributed by atoms with Gasteiger partial charge < -0.3 is 4.74 Å². The van der Waals surface area contributed by atoms with Gasteiger partial charge >= 0.3 is 0 Å². The van der Waals surface area contributed by atoms with Crippen LogP contribution in [0.25, 0.3) is 0 Å². The topological polar surface area (TPSA) is 9.23 Å². The zero-order valence-electron chi connectivity index (χ0n) is 6.90. The van der Waals surface area contributed by atoms with Gasteiger partial charge in [-0.05, 0) is 27.2 Å². The standard InChI is InChI=1S/C8H17O/c1-5-6-7-9-8(2,3)4/h7H,5-6H2,1-4H3. The van der Waals surface area contributed by atoms with E-state index in [4.69, 9.17) is 4.74 Å². The Kier molecular flexibility index (Phi) is 3.87. The molecule has 0 heterocycles. The molecule has 0 saturated carbocycles. The van der Waals surface area contributed by atoms with Gasteiger partial charge in [-0.2, -0.15) is 0 Å². The number of hydrogen-bond acceptors (Lipinski definition) is 1. The predicted molar refractivity (Wildman–Crippen MR) is 40.0 cm³/mol. The Bertz CT molecular complexity index is 61.5. The number of ether oxygens (including phenoxy) is 1. The summed E-state index contributed by atoms with van der Waals surface area (Å²) in [6.45, 7) is 10.2. The molecule has 0 aliphatic rings. The van der Waals surface area contributed by atoms with Crippen LogP contribution in [0.1, 0.15) is 40.5 Å². The summed E-state index contributed by atoms with van der Waals surface area (Å²) in [5.74, 6) is 0. The summed E-state index contributed by atoms with van der Waals surface area (Å²) >= 11 is 0. The smallest absolute Gasteiger partial charge is 0.0844 e. The van der Waals surface area contributed by atoms with Crippen molar-refractivity contribution in [3.8, 4) is 0 Å². The van der Waals surface area contributed by atoms with Crippen molar-refractivity contribution in [1.82, 2.24) is 0 Å². The van der Waals surface area contributed by atoms with Crippen molar-refractivity contribution in [2.24, 2.45) is 0 Å². The van der Waals surface area contributed by atoms with Gasteiger partial charge in [0.15, 0.2) is 0 Å². The monoisotopic (exact) mass is 129 g/mol. The first-order valence-corrected chi connectivity index (χ1v) is 3.56. The second-order valence-electron chi connectivity index (χ2n) is 3.19. The highest BCUT2D eigenvalue weighted by atomic mass is 16.5. The summed E-state index contributed by atoms with van der Waals surface area (Å²) in [4.78, 5) is 0. The normalized spacial score (nSPS) is 12.0. The first kappa shape index (κ1) is 8.96. The molecule has 0 aromatic heterocycles. The molecule has 0 aromatic carbocycles. The van der Waals surface area contributed by atoms with Crippen molar-refractivity contribution in [1.29, 1.82) is 0 Å². The molecular formula is C8H17O. The van der Waals surface area contributed by atoms with Crippen LogP contribution in [-0.4, -0.2) is 5.60 Å². The Hall–Kier alpha value is -0.0400. The lowest BCUT2D eigenvalue weighted by Crippen LogP contribution is -2.17. The molecule has 0 aromatic rings. The second-order valence-corrected chi connectivity index (χ2v) is 3.19. The van der Waals surface area contributed by atoms with Gasteiger partial charge in [-0.25, -0.2) is 0 Å². The van der Waals surface area contributed by atoms with Gasteiger partial charge in [0.05, 0.1) is 12.2 Å². The number of unbranched alkanes of at least 4 members (excludes halogenated alkanes) is 1. The van der Waals surface area contributed by atoms with E-state index < -0.39 is 0 Å². The third-order valence-corrected chi connectivity index (χ3v) is 0.843. The molecule has 1 radical (unpaired) electrons.